The largest absolute Gasteiger partial charge is 0.407 e. The summed E-state index contributed by atoms with van der Waals surface area (Å²) in [6.45, 7) is 0. The maximum Gasteiger partial charge on any atom is 0.407 e. The Morgan fingerprint density at radius 2 is 1.60 bits per heavy atom. The van der Waals surface area contributed by atoms with Crippen molar-refractivity contribution in [2.75, 3.05) is 6.26 Å². The van der Waals surface area contributed by atoms with E-state index in [1.54, 1.807) is 18.2 Å². The minimum atomic E-state index is -4.76. The molecule has 3 aromatic carbocycles. The number of alkyl halides is 3. The highest BCUT2D eigenvalue weighted by Crippen LogP contribution is 2.39. The summed E-state index contributed by atoms with van der Waals surface area (Å²) in [6, 6.07) is 14.2. The van der Waals surface area contributed by atoms with Crippen LogP contribution in [0.15, 0.2) is 71.6 Å². The fourth-order valence-corrected chi connectivity index (χ4v) is 5.20. The van der Waals surface area contributed by atoms with E-state index in [1.807, 2.05) is 6.07 Å². The number of sulfone groups is 1. The summed E-state index contributed by atoms with van der Waals surface area (Å²) < 4.78 is 80.5. The molecule has 0 spiro atoms. The number of carbonyl (C=O) groups is 1. The van der Waals surface area contributed by atoms with Crippen LogP contribution in [-0.2, 0) is 21.1 Å². The third-order valence-corrected chi connectivity index (χ3v) is 8.12. The van der Waals surface area contributed by atoms with Gasteiger partial charge in [-0.1, -0.05) is 42.5 Å². The van der Waals surface area contributed by atoms with Gasteiger partial charge in [0.05, 0.1) is 28.6 Å². The van der Waals surface area contributed by atoms with Crippen molar-refractivity contribution in [3.05, 3.63) is 89.2 Å². The van der Waals surface area contributed by atoms with E-state index in [1.165, 1.54) is 48.5 Å². The Morgan fingerprint density at radius 3 is 2.07 bits per heavy atom. The molecule has 3 atom stereocenters. The standard InChI is InChI=1S/C30H26F4N4O3S/c1-42(40,41)25-12-10-20(11-13-25)19-4-8-22(9-5-19)28(30(32,33)34)38-27(21-6-7-21)29(39)37-24(17-36)15-23-3-2-18(16-35)14-26(23)31/h2-5,8-14,21,24,27-28,38H,6-7,15H2,1H3,(H,37,39)/t24?,27-,28-/m0/s1. The lowest BCUT2D eigenvalue weighted by Gasteiger charge is -2.28. The SMILES string of the molecule is CS(=O)(=O)c1ccc(-c2ccc([C@H](N[C@H](C(=O)NC(C#N)Cc3ccc(C#N)cc3F)C3CC3)C(F)(F)F)cc2)cc1. The lowest BCUT2D eigenvalue weighted by Crippen LogP contribution is -2.52. The summed E-state index contributed by atoms with van der Waals surface area (Å²) in [6.07, 6.45) is -2.86. The number of hydrogen-bond donors (Lipinski definition) is 2. The van der Waals surface area contributed by atoms with Gasteiger partial charge in [-0.25, -0.2) is 12.8 Å². The molecule has 1 amide bonds. The highest BCUT2D eigenvalue weighted by molar-refractivity contribution is 7.90. The fraction of sp³-hybridized carbons (Fsp3) is 0.300. The van der Waals surface area contributed by atoms with Gasteiger partial charge in [0.25, 0.3) is 0 Å². The second kappa shape index (κ2) is 12.3. The first-order chi connectivity index (χ1) is 19.8. The molecule has 0 aromatic heterocycles. The van der Waals surface area contributed by atoms with Crippen molar-refractivity contribution in [2.45, 2.75) is 48.5 Å². The molecule has 1 aliphatic carbocycles. The van der Waals surface area contributed by atoms with Crippen molar-refractivity contribution in [3.63, 3.8) is 0 Å². The van der Waals surface area contributed by atoms with E-state index in [4.69, 9.17) is 5.26 Å². The molecule has 12 heteroatoms. The topological polar surface area (TPSA) is 123 Å². The molecule has 0 aliphatic heterocycles. The molecule has 0 bridgehead atoms. The van der Waals surface area contributed by atoms with Gasteiger partial charge in [-0.2, -0.15) is 23.7 Å². The van der Waals surface area contributed by atoms with Crippen molar-refractivity contribution in [2.24, 2.45) is 5.92 Å². The van der Waals surface area contributed by atoms with E-state index < -0.39 is 45.9 Å². The summed E-state index contributed by atoms with van der Waals surface area (Å²) in [7, 11) is -3.40. The summed E-state index contributed by atoms with van der Waals surface area (Å²) in [4.78, 5) is 13.2. The van der Waals surface area contributed by atoms with Crippen LogP contribution in [0.3, 0.4) is 0 Å². The van der Waals surface area contributed by atoms with E-state index in [2.05, 4.69) is 10.6 Å². The molecule has 218 valence electrons. The van der Waals surface area contributed by atoms with E-state index in [0.29, 0.717) is 24.0 Å². The molecule has 0 saturated heterocycles. The number of hydrogen-bond acceptors (Lipinski definition) is 6. The number of carbonyl (C=O) groups excluding carboxylic acids is 1. The fourth-order valence-electron chi connectivity index (χ4n) is 4.57. The first-order valence-corrected chi connectivity index (χ1v) is 14.8. The Kier molecular flexibility index (Phi) is 9.00. The summed E-state index contributed by atoms with van der Waals surface area (Å²) >= 11 is 0. The minimum Gasteiger partial charge on any atom is -0.339 e. The predicted octanol–water partition coefficient (Wildman–Crippen LogP) is 4.99. The van der Waals surface area contributed by atoms with Gasteiger partial charge in [-0.15, -0.1) is 0 Å². The van der Waals surface area contributed by atoms with E-state index in [9.17, 15) is 36.0 Å². The number of rotatable bonds is 10. The molecule has 4 rings (SSSR count). The number of nitriles is 2. The number of benzene rings is 3. The van der Waals surface area contributed by atoms with Crippen LogP contribution in [0.25, 0.3) is 11.1 Å². The maximum absolute atomic E-state index is 14.3. The molecule has 0 radical (unpaired) electrons. The molecule has 1 saturated carbocycles. The molecule has 42 heavy (non-hydrogen) atoms. The summed E-state index contributed by atoms with van der Waals surface area (Å²) in [5.74, 6) is -1.89. The van der Waals surface area contributed by atoms with Gasteiger partial charge >= 0.3 is 6.18 Å². The Balaban J connectivity index is 1.51. The van der Waals surface area contributed by atoms with Crippen LogP contribution in [0.4, 0.5) is 17.6 Å². The van der Waals surface area contributed by atoms with Gasteiger partial charge in [0.15, 0.2) is 9.84 Å². The molecule has 0 heterocycles. The zero-order valence-electron chi connectivity index (χ0n) is 22.3. The quantitative estimate of drug-likeness (QED) is 0.317. The van der Waals surface area contributed by atoms with Crippen LogP contribution in [0, 0.1) is 34.4 Å². The van der Waals surface area contributed by atoms with Gasteiger partial charge < -0.3 is 5.32 Å². The summed E-state index contributed by atoms with van der Waals surface area (Å²) in [5, 5.41) is 23.4. The Bertz CT molecular complexity index is 1640. The third kappa shape index (κ3) is 7.52. The first-order valence-electron chi connectivity index (χ1n) is 12.9. The highest BCUT2D eigenvalue weighted by atomic mass is 32.2. The molecule has 3 aromatic rings. The molecular weight excluding hydrogens is 572 g/mol. The van der Waals surface area contributed by atoms with Crippen LogP contribution in [0.5, 0.6) is 0 Å². The van der Waals surface area contributed by atoms with Crippen LogP contribution in [0.1, 0.15) is 35.6 Å². The lowest BCUT2D eigenvalue weighted by molar-refractivity contribution is -0.161. The predicted molar refractivity (Wildman–Crippen MR) is 146 cm³/mol. The van der Waals surface area contributed by atoms with Crippen LogP contribution >= 0.6 is 0 Å². The minimum absolute atomic E-state index is 0.0796. The first kappa shape index (κ1) is 30.7. The molecule has 2 N–H and O–H groups in total. The van der Waals surface area contributed by atoms with Crippen molar-refractivity contribution < 1.29 is 30.8 Å². The van der Waals surface area contributed by atoms with Gasteiger partial charge in [0.1, 0.15) is 17.9 Å². The number of nitrogens with zero attached hydrogens (tertiary/aromatic N) is 2. The average Bonchev–Trinajstić information content (AvgIpc) is 3.78. The van der Waals surface area contributed by atoms with E-state index in [-0.39, 0.29) is 33.9 Å². The number of halogens is 4. The van der Waals surface area contributed by atoms with Crippen molar-refractivity contribution in [1.29, 1.82) is 10.5 Å². The molecule has 1 fully saturated rings. The molecule has 1 unspecified atom stereocenters. The second-order valence-corrected chi connectivity index (χ2v) is 12.2. The number of nitrogens with one attached hydrogen (secondary N) is 2. The Labute approximate surface area is 240 Å². The molecular formula is C30H26F4N4O3S. The van der Waals surface area contributed by atoms with Crippen molar-refractivity contribution >= 4 is 15.7 Å². The average molecular weight is 599 g/mol. The normalized spacial score (nSPS) is 15.6. The zero-order valence-corrected chi connectivity index (χ0v) is 23.1. The number of amides is 1. The van der Waals surface area contributed by atoms with Gasteiger partial charge in [0.2, 0.25) is 5.91 Å². The molecule has 7 nitrogen and oxygen atoms in total. The second-order valence-electron chi connectivity index (χ2n) is 10.2. The van der Waals surface area contributed by atoms with Crippen molar-refractivity contribution in [3.8, 4) is 23.3 Å². The van der Waals surface area contributed by atoms with Crippen LogP contribution in [-0.4, -0.2) is 38.8 Å². The van der Waals surface area contributed by atoms with Crippen LogP contribution < -0.4 is 10.6 Å². The maximum atomic E-state index is 14.3. The van der Waals surface area contributed by atoms with Gasteiger partial charge in [-0.3, -0.25) is 10.1 Å². The van der Waals surface area contributed by atoms with Gasteiger partial charge in [-0.05, 0) is 65.3 Å². The highest BCUT2D eigenvalue weighted by Gasteiger charge is 2.46. The van der Waals surface area contributed by atoms with E-state index in [0.717, 1.165) is 12.3 Å². The third-order valence-electron chi connectivity index (χ3n) is 6.99. The Hall–Kier alpha value is -4.26. The monoisotopic (exact) mass is 598 g/mol. The molecule has 1 aliphatic rings. The van der Waals surface area contributed by atoms with Gasteiger partial charge in [0, 0.05) is 12.7 Å². The van der Waals surface area contributed by atoms with Crippen molar-refractivity contribution in [1.82, 2.24) is 10.6 Å². The summed E-state index contributed by atoms with van der Waals surface area (Å²) in [5.41, 5.74) is 1.22. The zero-order chi connectivity index (χ0) is 30.7. The van der Waals surface area contributed by atoms with Crippen LogP contribution in [0.2, 0.25) is 0 Å². The van der Waals surface area contributed by atoms with E-state index >= 15 is 0 Å². The lowest BCUT2D eigenvalue weighted by atomic mass is 9.99. The Morgan fingerprint density at radius 1 is 1.00 bits per heavy atom. The smallest absolute Gasteiger partial charge is 0.339 e.